The van der Waals surface area contributed by atoms with Crippen LogP contribution in [0.4, 0.5) is 0 Å². The largest absolute Gasteiger partial charge is 0.455 e. The fraction of sp³-hybridized carbons (Fsp3) is 0.0189. The molecule has 0 amide bonds. The number of benzene rings is 8. The van der Waals surface area contributed by atoms with Crippen LogP contribution < -0.4 is 0 Å². The maximum atomic E-state index is 6.89. The average Bonchev–Trinajstić information content (AvgIpc) is 3.81. The highest BCUT2D eigenvalue weighted by molar-refractivity contribution is 6.16. The van der Waals surface area contributed by atoms with Gasteiger partial charge in [0.15, 0.2) is 5.82 Å². The molecule has 56 heavy (non-hydrogen) atoms. The van der Waals surface area contributed by atoms with E-state index in [9.17, 15) is 0 Å². The zero-order valence-electron chi connectivity index (χ0n) is 30.4. The van der Waals surface area contributed by atoms with E-state index in [1.807, 2.05) is 30.3 Å². The van der Waals surface area contributed by atoms with Gasteiger partial charge in [-0.1, -0.05) is 182 Å². The number of para-hydroxylation sites is 1. The summed E-state index contributed by atoms with van der Waals surface area (Å²) < 4.78 is 6.89. The van der Waals surface area contributed by atoms with Gasteiger partial charge in [-0.25, -0.2) is 9.97 Å². The molecule has 0 radical (unpaired) electrons. The van der Waals surface area contributed by atoms with E-state index in [0.29, 0.717) is 5.82 Å². The summed E-state index contributed by atoms with van der Waals surface area (Å²) in [6, 6.07) is 73.2. The van der Waals surface area contributed by atoms with Crippen molar-refractivity contribution >= 4 is 21.9 Å². The van der Waals surface area contributed by atoms with Crippen molar-refractivity contribution in [2.24, 2.45) is 0 Å². The number of hydrogen-bond acceptors (Lipinski definition) is 3. The molecule has 2 aromatic heterocycles. The van der Waals surface area contributed by atoms with Gasteiger partial charge in [-0.15, -0.1) is 0 Å². The van der Waals surface area contributed by atoms with Crippen molar-refractivity contribution in [3.8, 4) is 56.2 Å². The number of fused-ring (bicyclic) bond motifs is 6. The average molecular weight is 715 g/mol. The first-order chi connectivity index (χ1) is 27.8. The molecule has 0 aliphatic heterocycles. The molecule has 0 saturated heterocycles. The third-order valence-corrected chi connectivity index (χ3v) is 11.4. The van der Waals surface area contributed by atoms with Crippen LogP contribution >= 0.6 is 0 Å². The van der Waals surface area contributed by atoms with Gasteiger partial charge in [0.1, 0.15) is 11.2 Å². The fourth-order valence-electron chi connectivity index (χ4n) is 8.94. The molecule has 0 bridgehead atoms. The molecule has 1 aliphatic carbocycles. The first-order valence-corrected chi connectivity index (χ1v) is 19.1. The standard InChI is InChI=1S/C53H34N2O/c1-5-17-35(18-6-1)47-34-48(55-52(54-47)36-19-7-2-8-20-36)43-32-31-40(51-50(43)44-26-14-16-28-49(44)56-51)37-29-30-42-41-25-13-15-27-45(41)53(46(42)33-37,38-21-9-3-10-22-38)39-23-11-4-12-24-39/h1-34H. The molecule has 0 N–H and O–H groups in total. The van der Waals surface area contributed by atoms with Gasteiger partial charge in [0.25, 0.3) is 0 Å². The van der Waals surface area contributed by atoms with Crippen LogP contribution in [0.15, 0.2) is 211 Å². The van der Waals surface area contributed by atoms with E-state index in [4.69, 9.17) is 14.4 Å². The predicted octanol–water partition coefficient (Wildman–Crippen LogP) is 13.4. The van der Waals surface area contributed by atoms with Gasteiger partial charge in [0.05, 0.1) is 16.8 Å². The summed E-state index contributed by atoms with van der Waals surface area (Å²) in [6.07, 6.45) is 0. The normalized spacial score (nSPS) is 12.8. The summed E-state index contributed by atoms with van der Waals surface area (Å²) in [5.41, 5.74) is 15.6. The molecule has 3 nitrogen and oxygen atoms in total. The number of furan rings is 1. The first kappa shape index (κ1) is 32.1. The highest BCUT2D eigenvalue weighted by Gasteiger charge is 2.46. The van der Waals surface area contributed by atoms with Crippen molar-refractivity contribution in [1.29, 1.82) is 0 Å². The minimum Gasteiger partial charge on any atom is -0.455 e. The fourth-order valence-corrected chi connectivity index (χ4v) is 8.94. The lowest BCUT2D eigenvalue weighted by molar-refractivity contribution is 0.670. The number of hydrogen-bond donors (Lipinski definition) is 0. The third kappa shape index (κ3) is 4.91. The Morgan fingerprint density at radius 1 is 0.375 bits per heavy atom. The van der Waals surface area contributed by atoms with Crippen LogP contribution in [0.5, 0.6) is 0 Å². The first-order valence-electron chi connectivity index (χ1n) is 19.1. The molecule has 262 valence electrons. The number of rotatable bonds is 6. The van der Waals surface area contributed by atoms with Gasteiger partial charge >= 0.3 is 0 Å². The molecule has 2 heterocycles. The molecular weight excluding hydrogens is 681 g/mol. The quantitative estimate of drug-likeness (QED) is 0.172. The topological polar surface area (TPSA) is 38.9 Å². The summed E-state index contributed by atoms with van der Waals surface area (Å²) in [5.74, 6) is 0.684. The van der Waals surface area contributed by atoms with Crippen LogP contribution in [-0.4, -0.2) is 9.97 Å². The summed E-state index contributed by atoms with van der Waals surface area (Å²) in [5, 5.41) is 2.09. The van der Waals surface area contributed by atoms with Crippen LogP contribution in [-0.2, 0) is 5.41 Å². The van der Waals surface area contributed by atoms with Crippen molar-refractivity contribution in [2.45, 2.75) is 5.41 Å². The van der Waals surface area contributed by atoms with Gasteiger partial charge in [-0.3, -0.25) is 0 Å². The van der Waals surface area contributed by atoms with Crippen molar-refractivity contribution in [3.05, 3.63) is 229 Å². The van der Waals surface area contributed by atoms with Crippen LogP contribution in [0, 0.1) is 0 Å². The van der Waals surface area contributed by atoms with Crippen LogP contribution in [0.25, 0.3) is 78.1 Å². The molecule has 0 spiro atoms. The van der Waals surface area contributed by atoms with Crippen molar-refractivity contribution < 1.29 is 4.42 Å². The molecule has 8 aromatic carbocycles. The Morgan fingerprint density at radius 2 is 0.929 bits per heavy atom. The number of aromatic nitrogens is 2. The van der Waals surface area contributed by atoms with Crippen LogP contribution in [0.1, 0.15) is 22.3 Å². The van der Waals surface area contributed by atoms with Gasteiger partial charge < -0.3 is 4.42 Å². The van der Waals surface area contributed by atoms with E-state index in [1.54, 1.807) is 0 Å². The summed E-state index contributed by atoms with van der Waals surface area (Å²) >= 11 is 0. The molecule has 11 rings (SSSR count). The SMILES string of the molecule is c1ccc(-c2cc(-c3ccc(-c4ccc5c(c4)C(c4ccccc4)(c4ccccc4)c4ccccc4-5)c4oc5ccccc5c34)nc(-c3ccccc3)n2)cc1. The molecule has 10 aromatic rings. The Bertz CT molecular complexity index is 2960. The Labute approximate surface area is 325 Å². The lowest BCUT2D eigenvalue weighted by atomic mass is 9.67. The lowest BCUT2D eigenvalue weighted by Gasteiger charge is -2.34. The molecule has 3 heteroatoms. The van der Waals surface area contributed by atoms with Gasteiger partial charge in [-0.2, -0.15) is 0 Å². The van der Waals surface area contributed by atoms with Crippen LogP contribution in [0.2, 0.25) is 0 Å². The minimum atomic E-state index is -0.500. The van der Waals surface area contributed by atoms with Gasteiger partial charge in [0, 0.05) is 33.0 Å². The molecular formula is C53H34N2O. The lowest BCUT2D eigenvalue weighted by Crippen LogP contribution is -2.28. The molecule has 1 aliphatic rings. The maximum absolute atomic E-state index is 6.89. The van der Waals surface area contributed by atoms with E-state index in [2.05, 4.69) is 176 Å². The maximum Gasteiger partial charge on any atom is 0.160 e. The van der Waals surface area contributed by atoms with Crippen LogP contribution in [0.3, 0.4) is 0 Å². The molecule has 0 unspecified atom stereocenters. The van der Waals surface area contributed by atoms with Crippen molar-refractivity contribution in [1.82, 2.24) is 9.97 Å². The predicted molar refractivity (Wildman–Crippen MR) is 228 cm³/mol. The van der Waals surface area contributed by atoms with Gasteiger partial charge in [-0.05, 0) is 63.2 Å². The molecule has 0 fully saturated rings. The van der Waals surface area contributed by atoms with E-state index in [-0.39, 0.29) is 0 Å². The van der Waals surface area contributed by atoms with E-state index < -0.39 is 5.41 Å². The Kier molecular flexibility index (Phi) is 7.39. The Hall–Kier alpha value is -7.36. The van der Waals surface area contributed by atoms with E-state index >= 15 is 0 Å². The monoisotopic (exact) mass is 714 g/mol. The zero-order chi connectivity index (χ0) is 37.1. The highest BCUT2D eigenvalue weighted by Crippen LogP contribution is 2.57. The summed E-state index contributed by atoms with van der Waals surface area (Å²) in [7, 11) is 0. The summed E-state index contributed by atoms with van der Waals surface area (Å²) in [6.45, 7) is 0. The van der Waals surface area contributed by atoms with Crippen molar-refractivity contribution in [3.63, 3.8) is 0 Å². The minimum absolute atomic E-state index is 0.500. The highest BCUT2D eigenvalue weighted by atomic mass is 16.3. The second-order valence-electron chi connectivity index (χ2n) is 14.4. The second kappa shape index (κ2) is 12.9. The van der Waals surface area contributed by atoms with E-state index in [1.165, 1.54) is 33.4 Å². The second-order valence-corrected chi connectivity index (χ2v) is 14.4. The smallest absolute Gasteiger partial charge is 0.160 e. The molecule has 0 saturated carbocycles. The van der Waals surface area contributed by atoms with Gasteiger partial charge in [0.2, 0.25) is 0 Å². The zero-order valence-corrected chi connectivity index (χ0v) is 30.4. The molecule has 0 atom stereocenters. The summed E-state index contributed by atoms with van der Waals surface area (Å²) in [4.78, 5) is 10.3. The number of nitrogens with zero attached hydrogens (tertiary/aromatic N) is 2. The Morgan fingerprint density at radius 3 is 1.66 bits per heavy atom. The Balaban J connectivity index is 1.17. The third-order valence-electron chi connectivity index (χ3n) is 11.4. The van der Waals surface area contributed by atoms with Crippen molar-refractivity contribution in [2.75, 3.05) is 0 Å². The van der Waals surface area contributed by atoms with E-state index in [0.717, 1.165) is 61.1 Å².